The molecule has 1 aliphatic rings. The zero-order valence-electron chi connectivity index (χ0n) is 17.2. The maximum Gasteiger partial charge on any atom is 0.193 e. The highest BCUT2D eigenvalue weighted by Gasteiger charge is 2.22. The average Bonchev–Trinajstić information content (AvgIpc) is 3.33. The van der Waals surface area contributed by atoms with Crippen molar-refractivity contribution >= 4 is 29.9 Å². The van der Waals surface area contributed by atoms with Gasteiger partial charge in [0.2, 0.25) is 0 Å². The number of aliphatic imine (C=N–C) groups is 1. The molecule has 2 heterocycles. The van der Waals surface area contributed by atoms with Gasteiger partial charge in [0.1, 0.15) is 5.82 Å². The van der Waals surface area contributed by atoms with Crippen molar-refractivity contribution in [3.05, 3.63) is 42.4 Å². The van der Waals surface area contributed by atoms with Crippen molar-refractivity contribution in [3.8, 4) is 11.3 Å². The molecule has 154 valence electrons. The molecule has 0 aliphatic carbocycles. The lowest BCUT2D eigenvalue weighted by atomic mass is 10.1. The van der Waals surface area contributed by atoms with Crippen LogP contribution in [0.2, 0.25) is 0 Å². The van der Waals surface area contributed by atoms with Crippen LogP contribution in [0.5, 0.6) is 0 Å². The molecule has 0 spiro atoms. The molecule has 6 nitrogen and oxygen atoms in total. The number of H-pyrrole nitrogens is 1. The molecular formula is C21H33IN6. The summed E-state index contributed by atoms with van der Waals surface area (Å²) in [5, 5.41) is 3.54. The lowest BCUT2D eigenvalue weighted by Crippen LogP contribution is -2.41. The van der Waals surface area contributed by atoms with E-state index in [1.807, 2.05) is 31.4 Å². The predicted octanol–water partition coefficient (Wildman–Crippen LogP) is 3.43. The van der Waals surface area contributed by atoms with Crippen LogP contribution in [0.15, 0.2) is 41.5 Å². The summed E-state index contributed by atoms with van der Waals surface area (Å²) < 4.78 is 0. The van der Waals surface area contributed by atoms with Crippen LogP contribution in [0.1, 0.15) is 25.6 Å². The summed E-state index contributed by atoms with van der Waals surface area (Å²) in [6.45, 7) is 7.56. The van der Waals surface area contributed by atoms with Crippen LogP contribution in [0.25, 0.3) is 11.3 Å². The molecule has 2 aromatic rings. The monoisotopic (exact) mass is 496 g/mol. The molecule has 1 unspecified atom stereocenters. The summed E-state index contributed by atoms with van der Waals surface area (Å²) in [6, 6.07) is 10.3. The van der Waals surface area contributed by atoms with Gasteiger partial charge in [-0.1, -0.05) is 37.3 Å². The number of halogens is 1. The molecule has 7 heteroatoms. The maximum atomic E-state index is 4.53. The van der Waals surface area contributed by atoms with E-state index in [0.717, 1.165) is 29.6 Å². The molecular weight excluding hydrogens is 463 g/mol. The normalized spacial score (nSPS) is 17.4. The third-order valence-electron chi connectivity index (χ3n) is 5.13. The highest BCUT2D eigenvalue weighted by molar-refractivity contribution is 14.0. The molecule has 1 aliphatic heterocycles. The molecule has 1 atom stereocenters. The first-order valence-corrected chi connectivity index (χ1v) is 9.93. The number of aromatic nitrogens is 2. The molecule has 0 amide bonds. The molecule has 1 aromatic heterocycles. The molecule has 3 rings (SSSR count). The molecule has 28 heavy (non-hydrogen) atoms. The number of rotatable bonds is 7. The van der Waals surface area contributed by atoms with Crippen LogP contribution in [0, 0.1) is 5.92 Å². The number of guanidine groups is 1. The van der Waals surface area contributed by atoms with E-state index in [1.54, 1.807) is 0 Å². The summed E-state index contributed by atoms with van der Waals surface area (Å²) >= 11 is 0. The SMILES string of the molecule is CCCN1CCC(CNC(=NC)N(C)Cc2ncc(-c3ccccc3)[nH]2)C1.I. The van der Waals surface area contributed by atoms with E-state index in [-0.39, 0.29) is 24.0 Å². The molecule has 0 bridgehead atoms. The quantitative estimate of drug-likeness (QED) is 0.351. The minimum atomic E-state index is 0. The van der Waals surface area contributed by atoms with Gasteiger partial charge in [-0.3, -0.25) is 4.99 Å². The average molecular weight is 496 g/mol. The third kappa shape index (κ3) is 6.20. The Morgan fingerprint density at radius 3 is 2.86 bits per heavy atom. The fraction of sp³-hybridized carbons (Fsp3) is 0.524. The molecule has 2 N–H and O–H groups in total. The molecule has 0 saturated carbocycles. The fourth-order valence-corrected chi connectivity index (χ4v) is 3.73. The van der Waals surface area contributed by atoms with Gasteiger partial charge in [0.15, 0.2) is 5.96 Å². The Balaban J connectivity index is 0.00000280. The van der Waals surface area contributed by atoms with Gasteiger partial charge in [-0.15, -0.1) is 24.0 Å². The van der Waals surface area contributed by atoms with Crippen molar-refractivity contribution in [1.29, 1.82) is 0 Å². The third-order valence-corrected chi connectivity index (χ3v) is 5.13. The van der Waals surface area contributed by atoms with E-state index < -0.39 is 0 Å². The Morgan fingerprint density at radius 2 is 2.14 bits per heavy atom. The number of hydrogen-bond donors (Lipinski definition) is 2. The largest absolute Gasteiger partial charge is 0.356 e. The first-order chi connectivity index (χ1) is 13.2. The van der Waals surface area contributed by atoms with Gasteiger partial charge in [0.05, 0.1) is 18.4 Å². The Kier molecular flexibility index (Phi) is 9.24. The van der Waals surface area contributed by atoms with Crippen molar-refractivity contribution in [2.75, 3.05) is 40.3 Å². The topological polar surface area (TPSA) is 59.5 Å². The van der Waals surface area contributed by atoms with E-state index in [0.29, 0.717) is 12.5 Å². The summed E-state index contributed by atoms with van der Waals surface area (Å²) in [6.07, 6.45) is 4.40. The second kappa shape index (κ2) is 11.4. The predicted molar refractivity (Wildman–Crippen MR) is 127 cm³/mol. The molecule has 0 radical (unpaired) electrons. The smallest absolute Gasteiger partial charge is 0.193 e. The lowest BCUT2D eigenvalue weighted by molar-refractivity contribution is 0.324. The number of aromatic amines is 1. The van der Waals surface area contributed by atoms with E-state index >= 15 is 0 Å². The highest BCUT2D eigenvalue weighted by atomic mass is 127. The van der Waals surface area contributed by atoms with E-state index in [2.05, 4.69) is 56.2 Å². The highest BCUT2D eigenvalue weighted by Crippen LogP contribution is 2.17. The number of hydrogen-bond acceptors (Lipinski definition) is 3. The van der Waals surface area contributed by atoms with Gasteiger partial charge in [0.25, 0.3) is 0 Å². The van der Waals surface area contributed by atoms with Crippen LogP contribution < -0.4 is 5.32 Å². The Hall–Kier alpha value is -1.61. The Bertz CT molecular complexity index is 730. The van der Waals surface area contributed by atoms with E-state index in [1.165, 1.54) is 32.5 Å². The van der Waals surface area contributed by atoms with Crippen LogP contribution in [-0.2, 0) is 6.54 Å². The number of likely N-dealkylation sites (tertiary alicyclic amines) is 1. The number of benzene rings is 1. The van der Waals surface area contributed by atoms with Gasteiger partial charge >= 0.3 is 0 Å². The van der Waals surface area contributed by atoms with Crippen molar-refractivity contribution in [2.24, 2.45) is 10.9 Å². The molecule has 1 aromatic carbocycles. The standard InChI is InChI=1S/C21H32N6.HI/c1-4-11-27-12-10-17(15-27)13-24-21(22-2)26(3)16-20-23-14-19(25-20)18-8-6-5-7-9-18;/h5-9,14,17H,4,10-13,15-16H2,1-3H3,(H,22,24)(H,23,25);1H. The second-order valence-corrected chi connectivity index (χ2v) is 7.35. The Labute approximate surface area is 185 Å². The summed E-state index contributed by atoms with van der Waals surface area (Å²) in [5.41, 5.74) is 2.20. The van der Waals surface area contributed by atoms with Gasteiger partial charge in [-0.05, 0) is 37.4 Å². The lowest BCUT2D eigenvalue weighted by Gasteiger charge is -2.23. The van der Waals surface area contributed by atoms with Crippen molar-refractivity contribution in [3.63, 3.8) is 0 Å². The summed E-state index contributed by atoms with van der Waals surface area (Å²) in [5.74, 6) is 2.56. The fourth-order valence-electron chi connectivity index (χ4n) is 3.73. The number of nitrogens with one attached hydrogen (secondary N) is 2. The first-order valence-electron chi connectivity index (χ1n) is 9.93. The van der Waals surface area contributed by atoms with Crippen LogP contribution in [0.3, 0.4) is 0 Å². The van der Waals surface area contributed by atoms with Crippen LogP contribution >= 0.6 is 24.0 Å². The van der Waals surface area contributed by atoms with Crippen molar-refractivity contribution in [1.82, 2.24) is 25.1 Å². The maximum absolute atomic E-state index is 4.53. The zero-order valence-corrected chi connectivity index (χ0v) is 19.5. The Morgan fingerprint density at radius 1 is 1.36 bits per heavy atom. The second-order valence-electron chi connectivity index (χ2n) is 7.35. The van der Waals surface area contributed by atoms with Crippen molar-refractivity contribution in [2.45, 2.75) is 26.3 Å². The number of nitrogens with zero attached hydrogens (tertiary/aromatic N) is 4. The summed E-state index contributed by atoms with van der Waals surface area (Å²) in [4.78, 5) is 17.1. The van der Waals surface area contributed by atoms with E-state index in [4.69, 9.17) is 0 Å². The summed E-state index contributed by atoms with van der Waals surface area (Å²) in [7, 11) is 3.90. The zero-order chi connectivity index (χ0) is 19.1. The van der Waals surface area contributed by atoms with Gasteiger partial charge in [0, 0.05) is 27.2 Å². The van der Waals surface area contributed by atoms with Gasteiger partial charge in [-0.2, -0.15) is 0 Å². The van der Waals surface area contributed by atoms with Gasteiger partial charge < -0.3 is 20.1 Å². The first kappa shape index (κ1) is 22.7. The minimum absolute atomic E-state index is 0. The molecule has 1 saturated heterocycles. The van der Waals surface area contributed by atoms with Crippen molar-refractivity contribution < 1.29 is 0 Å². The van der Waals surface area contributed by atoms with Crippen LogP contribution in [0.4, 0.5) is 0 Å². The van der Waals surface area contributed by atoms with E-state index in [9.17, 15) is 0 Å². The van der Waals surface area contributed by atoms with Crippen LogP contribution in [-0.4, -0.2) is 66.0 Å². The molecule has 1 fully saturated rings. The number of imidazole rings is 1. The minimum Gasteiger partial charge on any atom is -0.356 e. The van der Waals surface area contributed by atoms with Gasteiger partial charge in [-0.25, -0.2) is 4.98 Å².